The zero-order chi connectivity index (χ0) is 19.1. The lowest BCUT2D eigenvalue weighted by Gasteiger charge is -2.04. The molecule has 0 saturated carbocycles. The summed E-state index contributed by atoms with van der Waals surface area (Å²) in [4.78, 5) is 23.6. The highest BCUT2D eigenvalue weighted by atomic mass is 32.1. The SMILES string of the molecule is O=c1c2c(-c3ccc(F)cc3)csc2ncn1Cc1coc(-c2cccs2)n1. The second-order valence-corrected chi connectivity index (χ2v) is 7.94. The monoisotopic (exact) mass is 409 g/mol. The maximum absolute atomic E-state index is 13.2. The Morgan fingerprint density at radius 2 is 2.00 bits per heavy atom. The summed E-state index contributed by atoms with van der Waals surface area (Å²) < 4.78 is 20.3. The molecule has 0 unspecified atom stereocenters. The number of nitrogens with zero attached hydrogens (tertiary/aromatic N) is 3. The van der Waals surface area contributed by atoms with E-state index in [0.29, 0.717) is 21.8 Å². The van der Waals surface area contributed by atoms with Crippen LogP contribution in [0.1, 0.15) is 5.69 Å². The molecule has 138 valence electrons. The Bertz CT molecular complexity index is 1320. The minimum atomic E-state index is -0.314. The standard InChI is InChI=1S/C20H12FN3O2S2/c21-13-5-3-12(4-6-13)15-10-28-19-17(15)20(25)24(11-22-19)8-14-9-26-18(23-14)16-2-1-7-27-16/h1-7,9-11H,8H2. The van der Waals surface area contributed by atoms with Gasteiger partial charge in [-0.3, -0.25) is 9.36 Å². The van der Waals surface area contributed by atoms with E-state index in [1.54, 1.807) is 18.4 Å². The highest BCUT2D eigenvalue weighted by molar-refractivity contribution is 7.17. The van der Waals surface area contributed by atoms with Gasteiger partial charge in [0.25, 0.3) is 5.56 Å². The van der Waals surface area contributed by atoms with Gasteiger partial charge >= 0.3 is 0 Å². The van der Waals surface area contributed by atoms with Crippen LogP contribution in [0.5, 0.6) is 0 Å². The van der Waals surface area contributed by atoms with E-state index >= 15 is 0 Å². The first kappa shape index (κ1) is 17.0. The molecule has 1 aromatic carbocycles. The van der Waals surface area contributed by atoms with Crippen molar-refractivity contribution in [3.63, 3.8) is 0 Å². The molecule has 0 N–H and O–H groups in total. The molecule has 28 heavy (non-hydrogen) atoms. The van der Waals surface area contributed by atoms with E-state index in [-0.39, 0.29) is 17.9 Å². The molecule has 4 aromatic heterocycles. The van der Waals surface area contributed by atoms with E-state index in [1.807, 2.05) is 22.9 Å². The van der Waals surface area contributed by atoms with Crippen molar-refractivity contribution in [2.24, 2.45) is 0 Å². The molecule has 0 aliphatic rings. The molecule has 5 aromatic rings. The Morgan fingerprint density at radius 3 is 2.79 bits per heavy atom. The summed E-state index contributed by atoms with van der Waals surface area (Å²) in [5.41, 5.74) is 2.02. The third kappa shape index (κ3) is 2.96. The molecule has 0 atom stereocenters. The molecular weight excluding hydrogens is 397 g/mol. The number of benzene rings is 1. The van der Waals surface area contributed by atoms with Gasteiger partial charge in [0.15, 0.2) is 0 Å². The Hall–Kier alpha value is -3.10. The van der Waals surface area contributed by atoms with Crippen LogP contribution in [0.25, 0.3) is 32.1 Å². The summed E-state index contributed by atoms with van der Waals surface area (Å²) in [5, 5.41) is 4.36. The van der Waals surface area contributed by atoms with Gasteiger partial charge in [-0.05, 0) is 29.1 Å². The van der Waals surface area contributed by atoms with E-state index in [4.69, 9.17) is 4.42 Å². The molecule has 5 nitrogen and oxygen atoms in total. The van der Waals surface area contributed by atoms with E-state index < -0.39 is 0 Å². The number of aromatic nitrogens is 3. The zero-order valence-corrected chi connectivity index (χ0v) is 16.0. The van der Waals surface area contributed by atoms with Crippen molar-refractivity contribution in [3.05, 3.63) is 81.6 Å². The molecule has 8 heteroatoms. The average molecular weight is 409 g/mol. The van der Waals surface area contributed by atoms with E-state index in [9.17, 15) is 9.18 Å². The molecule has 0 aliphatic carbocycles. The van der Waals surface area contributed by atoms with Crippen molar-refractivity contribution in [2.75, 3.05) is 0 Å². The fourth-order valence-electron chi connectivity index (χ4n) is 2.99. The van der Waals surface area contributed by atoms with Gasteiger partial charge in [0.05, 0.1) is 28.8 Å². The lowest BCUT2D eigenvalue weighted by molar-refractivity contribution is 0.572. The van der Waals surface area contributed by atoms with Crippen LogP contribution in [0.2, 0.25) is 0 Å². The number of thiophene rings is 2. The van der Waals surface area contributed by atoms with Crippen LogP contribution in [-0.4, -0.2) is 14.5 Å². The van der Waals surface area contributed by atoms with Crippen LogP contribution in [0.15, 0.2) is 69.0 Å². The first-order valence-electron chi connectivity index (χ1n) is 8.40. The predicted octanol–water partition coefficient (Wildman–Crippen LogP) is 5.03. The van der Waals surface area contributed by atoms with Gasteiger partial charge in [0.1, 0.15) is 16.9 Å². The Kier molecular flexibility index (Phi) is 4.14. The summed E-state index contributed by atoms with van der Waals surface area (Å²) in [6.07, 6.45) is 3.08. The fraction of sp³-hybridized carbons (Fsp3) is 0.0500. The Labute approximate surface area is 166 Å². The van der Waals surface area contributed by atoms with Gasteiger partial charge in [-0.25, -0.2) is 14.4 Å². The maximum Gasteiger partial charge on any atom is 0.263 e. The molecular formula is C20H12FN3O2S2. The second-order valence-electron chi connectivity index (χ2n) is 6.14. The summed E-state index contributed by atoms with van der Waals surface area (Å²) in [5.74, 6) is 0.223. The predicted molar refractivity (Wildman–Crippen MR) is 108 cm³/mol. The minimum Gasteiger partial charge on any atom is -0.443 e. The van der Waals surface area contributed by atoms with Gasteiger partial charge in [-0.2, -0.15) is 0 Å². The van der Waals surface area contributed by atoms with Gasteiger partial charge in [-0.15, -0.1) is 22.7 Å². The topological polar surface area (TPSA) is 60.9 Å². The first-order chi connectivity index (χ1) is 13.7. The van der Waals surface area contributed by atoms with E-state index in [2.05, 4.69) is 9.97 Å². The molecule has 0 bridgehead atoms. The highest BCUT2D eigenvalue weighted by Gasteiger charge is 2.15. The smallest absolute Gasteiger partial charge is 0.263 e. The number of rotatable bonds is 4. The molecule has 5 rings (SSSR count). The van der Waals surface area contributed by atoms with Crippen LogP contribution in [0, 0.1) is 5.82 Å². The summed E-state index contributed by atoms with van der Waals surface area (Å²) in [6.45, 7) is 0.259. The lowest BCUT2D eigenvalue weighted by Crippen LogP contribution is -2.21. The van der Waals surface area contributed by atoms with Crippen molar-refractivity contribution < 1.29 is 8.81 Å². The van der Waals surface area contributed by atoms with Gasteiger partial charge in [0.2, 0.25) is 5.89 Å². The summed E-state index contributed by atoms with van der Waals surface area (Å²) in [7, 11) is 0. The molecule has 0 aliphatic heterocycles. The Morgan fingerprint density at radius 1 is 1.14 bits per heavy atom. The number of hydrogen-bond donors (Lipinski definition) is 0. The lowest BCUT2D eigenvalue weighted by atomic mass is 10.1. The number of oxazole rings is 1. The van der Waals surface area contributed by atoms with Gasteiger partial charge < -0.3 is 4.42 Å². The molecule has 0 saturated heterocycles. The molecule has 4 heterocycles. The average Bonchev–Trinajstić information content (AvgIpc) is 3.45. The van der Waals surface area contributed by atoms with Crippen molar-refractivity contribution in [1.29, 1.82) is 0 Å². The number of halogens is 1. The third-order valence-corrected chi connectivity index (χ3v) is 6.08. The summed E-state index contributed by atoms with van der Waals surface area (Å²) in [6, 6.07) is 9.96. The minimum absolute atomic E-state index is 0.161. The Balaban J connectivity index is 1.54. The first-order valence-corrected chi connectivity index (χ1v) is 10.2. The van der Waals surface area contributed by atoms with Crippen LogP contribution < -0.4 is 5.56 Å². The van der Waals surface area contributed by atoms with Crippen molar-refractivity contribution in [2.45, 2.75) is 6.54 Å². The molecule has 0 radical (unpaired) electrons. The second kappa shape index (κ2) is 6.81. The van der Waals surface area contributed by atoms with E-state index in [1.165, 1.54) is 45.7 Å². The highest BCUT2D eigenvalue weighted by Crippen LogP contribution is 2.30. The quantitative estimate of drug-likeness (QED) is 0.418. The third-order valence-electron chi connectivity index (χ3n) is 4.33. The van der Waals surface area contributed by atoms with Crippen LogP contribution in [-0.2, 0) is 6.54 Å². The normalized spacial score (nSPS) is 11.3. The summed E-state index contributed by atoms with van der Waals surface area (Å²) >= 11 is 2.93. The van der Waals surface area contributed by atoms with Crippen LogP contribution in [0.4, 0.5) is 4.39 Å². The van der Waals surface area contributed by atoms with Gasteiger partial charge in [0, 0.05) is 10.9 Å². The van der Waals surface area contributed by atoms with Crippen molar-refractivity contribution in [3.8, 4) is 21.9 Å². The number of fused-ring (bicyclic) bond motifs is 1. The number of hydrogen-bond acceptors (Lipinski definition) is 6. The van der Waals surface area contributed by atoms with Crippen LogP contribution in [0.3, 0.4) is 0 Å². The zero-order valence-electron chi connectivity index (χ0n) is 14.3. The molecule has 0 fully saturated rings. The van der Waals surface area contributed by atoms with Crippen LogP contribution >= 0.6 is 22.7 Å². The van der Waals surface area contributed by atoms with Crippen molar-refractivity contribution >= 4 is 32.9 Å². The maximum atomic E-state index is 13.2. The molecule has 0 amide bonds. The molecule has 0 spiro atoms. The van der Waals surface area contributed by atoms with Crippen molar-refractivity contribution in [1.82, 2.24) is 14.5 Å². The fourth-order valence-corrected chi connectivity index (χ4v) is 4.55. The van der Waals surface area contributed by atoms with E-state index in [0.717, 1.165) is 16.0 Å². The largest absolute Gasteiger partial charge is 0.443 e. The van der Waals surface area contributed by atoms with Gasteiger partial charge in [-0.1, -0.05) is 18.2 Å².